The summed E-state index contributed by atoms with van der Waals surface area (Å²) in [5.41, 5.74) is 1.82. The lowest BCUT2D eigenvalue weighted by atomic mass is 10.0. The van der Waals surface area contributed by atoms with Gasteiger partial charge >= 0.3 is 0 Å². The highest BCUT2D eigenvalue weighted by Gasteiger charge is 2.10. The number of nitrogens with zero attached hydrogens (tertiary/aromatic N) is 1. The van der Waals surface area contributed by atoms with E-state index in [2.05, 4.69) is 5.32 Å². The van der Waals surface area contributed by atoms with Crippen molar-refractivity contribution in [1.82, 2.24) is 0 Å². The summed E-state index contributed by atoms with van der Waals surface area (Å²) in [5.74, 6) is -0.737. The molecule has 0 aliphatic carbocycles. The molecule has 2 rings (SSSR count). The number of carbonyl (C=O) groups excluding carboxylic acids is 1. The number of para-hydroxylation sites is 1. The fourth-order valence-corrected chi connectivity index (χ4v) is 1.79. The van der Waals surface area contributed by atoms with Gasteiger partial charge in [0.2, 0.25) is 0 Å². The summed E-state index contributed by atoms with van der Waals surface area (Å²) in [4.78, 5) is 21.3. The number of hydrogen-bond acceptors (Lipinski definition) is 3. The second-order valence-corrected chi connectivity index (χ2v) is 4.03. The SMILES string of the molecule is O=C(CF)Nc1ccccc1-c1ccc([N+](=O)[O-])cc1. The van der Waals surface area contributed by atoms with Gasteiger partial charge in [0.1, 0.15) is 0 Å². The average Bonchev–Trinajstić information content (AvgIpc) is 2.48. The monoisotopic (exact) mass is 274 g/mol. The highest BCUT2D eigenvalue weighted by Crippen LogP contribution is 2.29. The molecule has 1 N–H and O–H groups in total. The Morgan fingerprint density at radius 3 is 2.40 bits per heavy atom. The van der Waals surface area contributed by atoms with Gasteiger partial charge in [0.25, 0.3) is 11.6 Å². The van der Waals surface area contributed by atoms with Crippen LogP contribution in [0.1, 0.15) is 0 Å². The van der Waals surface area contributed by atoms with Crippen LogP contribution in [-0.2, 0) is 4.79 Å². The van der Waals surface area contributed by atoms with Crippen molar-refractivity contribution in [2.45, 2.75) is 0 Å². The largest absolute Gasteiger partial charge is 0.323 e. The molecule has 0 unspecified atom stereocenters. The van der Waals surface area contributed by atoms with Gasteiger partial charge in [-0.2, -0.15) is 0 Å². The number of nitrogens with one attached hydrogen (secondary N) is 1. The molecule has 0 fully saturated rings. The summed E-state index contributed by atoms with van der Waals surface area (Å²) in [6.07, 6.45) is 0. The third kappa shape index (κ3) is 2.97. The molecule has 102 valence electrons. The van der Waals surface area contributed by atoms with Crippen LogP contribution in [0.5, 0.6) is 0 Å². The van der Waals surface area contributed by atoms with Gasteiger partial charge in [0.15, 0.2) is 6.67 Å². The second-order valence-electron chi connectivity index (χ2n) is 4.03. The molecule has 0 saturated carbocycles. The summed E-state index contributed by atoms with van der Waals surface area (Å²) in [6, 6.07) is 12.8. The Bertz CT molecular complexity index is 641. The Labute approximate surface area is 114 Å². The van der Waals surface area contributed by atoms with Gasteiger partial charge < -0.3 is 5.32 Å². The van der Waals surface area contributed by atoms with Gasteiger partial charge in [-0.1, -0.05) is 18.2 Å². The zero-order chi connectivity index (χ0) is 14.5. The molecule has 0 aliphatic heterocycles. The molecular weight excluding hydrogens is 263 g/mol. The van der Waals surface area contributed by atoms with Crippen molar-refractivity contribution in [3.63, 3.8) is 0 Å². The van der Waals surface area contributed by atoms with Crippen molar-refractivity contribution < 1.29 is 14.1 Å². The van der Waals surface area contributed by atoms with Gasteiger partial charge in [0.05, 0.1) is 4.92 Å². The topological polar surface area (TPSA) is 72.2 Å². The first-order valence-corrected chi connectivity index (χ1v) is 5.81. The third-order valence-electron chi connectivity index (χ3n) is 2.71. The van der Waals surface area contributed by atoms with E-state index in [-0.39, 0.29) is 5.69 Å². The van der Waals surface area contributed by atoms with E-state index in [9.17, 15) is 19.3 Å². The maximum atomic E-state index is 12.3. The fourth-order valence-electron chi connectivity index (χ4n) is 1.79. The van der Waals surface area contributed by atoms with E-state index in [1.165, 1.54) is 12.1 Å². The van der Waals surface area contributed by atoms with E-state index in [4.69, 9.17) is 0 Å². The number of benzene rings is 2. The van der Waals surface area contributed by atoms with Gasteiger partial charge in [-0.15, -0.1) is 0 Å². The highest BCUT2D eigenvalue weighted by atomic mass is 19.1. The Morgan fingerprint density at radius 1 is 1.15 bits per heavy atom. The third-order valence-corrected chi connectivity index (χ3v) is 2.71. The summed E-state index contributed by atoms with van der Waals surface area (Å²) in [6.45, 7) is -1.10. The fraction of sp³-hybridized carbons (Fsp3) is 0.0714. The van der Waals surface area contributed by atoms with Crippen LogP contribution in [0.2, 0.25) is 0 Å². The number of carbonyl (C=O) groups is 1. The minimum absolute atomic E-state index is 0.0148. The van der Waals surface area contributed by atoms with Gasteiger partial charge in [-0.25, -0.2) is 4.39 Å². The van der Waals surface area contributed by atoms with Crippen molar-refractivity contribution in [2.24, 2.45) is 0 Å². The molecule has 0 aliphatic rings. The number of non-ortho nitro benzene ring substituents is 1. The van der Waals surface area contributed by atoms with E-state index < -0.39 is 17.5 Å². The molecule has 0 radical (unpaired) electrons. The first-order chi connectivity index (χ1) is 9.61. The van der Waals surface area contributed by atoms with Crippen molar-refractivity contribution in [1.29, 1.82) is 0 Å². The minimum Gasteiger partial charge on any atom is -0.323 e. The van der Waals surface area contributed by atoms with E-state index in [0.717, 1.165) is 0 Å². The summed E-state index contributed by atoms with van der Waals surface area (Å²) in [7, 11) is 0. The molecule has 1 amide bonds. The Kier molecular flexibility index (Phi) is 4.05. The maximum Gasteiger partial charge on any atom is 0.269 e. The minimum atomic E-state index is -1.10. The van der Waals surface area contributed by atoms with Crippen LogP contribution < -0.4 is 5.32 Å². The number of nitro benzene ring substituents is 1. The van der Waals surface area contributed by atoms with E-state index >= 15 is 0 Å². The second kappa shape index (κ2) is 5.92. The summed E-state index contributed by atoms with van der Waals surface area (Å²) < 4.78 is 12.3. The number of nitro groups is 1. The number of alkyl halides is 1. The smallest absolute Gasteiger partial charge is 0.269 e. The lowest BCUT2D eigenvalue weighted by Gasteiger charge is -2.10. The standard InChI is InChI=1S/C14H11FN2O3/c15-9-14(18)16-13-4-2-1-3-12(13)10-5-7-11(8-6-10)17(19)20/h1-8H,9H2,(H,16,18). The molecule has 5 nitrogen and oxygen atoms in total. The van der Waals surface area contributed by atoms with Gasteiger partial charge in [0, 0.05) is 23.4 Å². The van der Waals surface area contributed by atoms with Crippen LogP contribution in [0.15, 0.2) is 48.5 Å². The van der Waals surface area contributed by atoms with Crippen LogP contribution in [0.3, 0.4) is 0 Å². The quantitative estimate of drug-likeness (QED) is 0.687. The van der Waals surface area contributed by atoms with Crippen molar-refractivity contribution in [3.8, 4) is 11.1 Å². The molecule has 2 aromatic rings. The molecule has 0 spiro atoms. The molecule has 20 heavy (non-hydrogen) atoms. The molecule has 0 atom stereocenters. The number of halogens is 1. The first-order valence-electron chi connectivity index (χ1n) is 5.81. The molecular formula is C14H11FN2O3. The lowest BCUT2D eigenvalue weighted by molar-refractivity contribution is -0.384. The Morgan fingerprint density at radius 2 is 1.80 bits per heavy atom. The molecule has 6 heteroatoms. The molecule has 2 aromatic carbocycles. The van der Waals surface area contributed by atoms with Gasteiger partial charge in [-0.05, 0) is 23.8 Å². The zero-order valence-electron chi connectivity index (χ0n) is 10.4. The van der Waals surface area contributed by atoms with Crippen LogP contribution in [0.25, 0.3) is 11.1 Å². The normalized spacial score (nSPS) is 10.1. The first kappa shape index (κ1) is 13.7. The predicted molar refractivity (Wildman–Crippen MR) is 73.1 cm³/mol. The van der Waals surface area contributed by atoms with Crippen LogP contribution in [0, 0.1) is 10.1 Å². The number of anilines is 1. The predicted octanol–water partition coefficient (Wildman–Crippen LogP) is 3.17. The summed E-state index contributed by atoms with van der Waals surface area (Å²) >= 11 is 0. The van der Waals surface area contributed by atoms with E-state index in [0.29, 0.717) is 16.8 Å². The number of rotatable bonds is 4. The number of hydrogen-bond donors (Lipinski definition) is 1. The van der Waals surface area contributed by atoms with Gasteiger partial charge in [-0.3, -0.25) is 14.9 Å². The molecule has 0 saturated heterocycles. The van der Waals surface area contributed by atoms with Crippen molar-refractivity contribution in [3.05, 3.63) is 58.6 Å². The zero-order valence-corrected chi connectivity index (χ0v) is 10.4. The Hall–Kier alpha value is -2.76. The molecule has 0 aromatic heterocycles. The molecule has 0 bridgehead atoms. The highest BCUT2D eigenvalue weighted by molar-refractivity contribution is 5.96. The maximum absolute atomic E-state index is 12.3. The average molecular weight is 274 g/mol. The van der Waals surface area contributed by atoms with E-state index in [1.54, 1.807) is 36.4 Å². The number of amides is 1. The van der Waals surface area contributed by atoms with E-state index in [1.807, 2.05) is 0 Å². The van der Waals surface area contributed by atoms with Crippen LogP contribution in [-0.4, -0.2) is 17.5 Å². The van der Waals surface area contributed by atoms with Crippen molar-refractivity contribution in [2.75, 3.05) is 12.0 Å². The molecule has 0 heterocycles. The lowest BCUT2D eigenvalue weighted by Crippen LogP contribution is -2.13. The van der Waals surface area contributed by atoms with Crippen molar-refractivity contribution >= 4 is 17.3 Å². The Balaban J connectivity index is 2.37. The van der Waals surface area contributed by atoms with Crippen LogP contribution in [0.4, 0.5) is 15.8 Å². The summed E-state index contributed by atoms with van der Waals surface area (Å²) in [5, 5.41) is 13.1. The van der Waals surface area contributed by atoms with Crippen LogP contribution >= 0.6 is 0 Å².